The van der Waals surface area contributed by atoms with Gasteiger partial charge in [-0.1, -0.05) is 0 Å². The highest BCUT2D eigenvalue weighted by molar-refractivity contribution is 7.09. The Bertz CT molecular complexity index is 842. The lowest BCUT2D eigenvalue weighted by atomic mass is 10.3. The second kappa shape index (κ2) is 5.34. The number of ether oxygens (including phenoxy) is 2. The number of halogens is 2. The number of amides is 2. The molecule has 3 rings (SSSR count). The van der Waals surface area contributed by atoms with Gasteiger partial charge in [-0.15, -0.1) is 20.1 Å². The number of hydrogen-bond acceptors (Lipinski definition) is 4. The summed E-state index contributed by atoms with van der Waals surface area (Å²) in [6.07, 6.45) is -1.90. The fourth-order valence-corrected chi connectivity index (χ4v) is 2.81. The minimum Gasteiger partial charge on any atom is -0.395 e. The van der Waals surface area contributed by atoms with Gasteiger partial charge in [-0.05, 0) is 19.1 Å². The van der Waals surface area contributed by atoms with Crippen LogP contribution in [0.2, 0.25) is 0 Å². The first-order valence-corrected chi connectivity index (χ1v) is 7.42. The van der Waals surface area contributed by atoms with Gasteiger partial charge in [0.05, 0.1) is 5.69 Å². The summed E-state index contributed by atoms with van der Waals surface area (Å²) in [6, 6.07) is 3.99. The van der Waals surface area contributed by atoms with Gasteiger partial charge in [0.2, 0.25) is 0 Å². The van der Waals surface area contributed by atoms with E-state index in [4.69, 9.17) is 0 Å². The van der Waals surface area contributed by atoms with Crippen molar-refractivity contribution < 1.29 is 23.0 Å². The maximum atomic E-state index is 13.1. The zero-order valence-corrected chi connectivity index (χ0v) is 13.4. The SMILES string of the molecule is Cc1cn(-c2ccc3c(c2)OC(F)(F)O3)/c(=N/C(=O)N(C)C)s1. The van der Waals surface area contributed by atoms with Crippen LogP contribution >= 0.6 is 11.3 Å². The number of rotatable bonds is 1. The topological polar surface area (TPSA) is 56.1 Å². The molecule has 2 aromatic rings. The molecule has 0 atom stereocenters. The first kappa shape index (κ1) is 15.5. The third-order valence-electron chi connectivity index (χ3n) is 3.01. The van der Waals surface area contributed by atoms with Crippen molar-refractivity contribution in [2.24, 2.45) is 4.99 Å². The summed E-state index contributed by atoms with van der Waals surface area (Å²) >= 11 is 1.32. The summed E-state index contributed by atoms with van der Waals surface area (Å²) in [5.41, 5.74) is 0.541. The summed E-state index contributed by atoms with van der Waals surface area (Å²) in [7, 11) is 3.19. The number of aryl methyl sites for hydroxylation is 1. The summed E-state index contributed by atoms with van der Waals surface area (Å²) < 4.78 is 36.7. The van der Waals surface area contributed by atoms with Gasteiger partial charge in [0.15, 0.2) is 16.3 Å². The van der Waals surface area contributed by atoms with E-state index in [0.29, 0.717) is 10.5 Å². The fraction of sp³-hybridized carbons (Fsp3) is 0.286. The smallest absolute Gasteiger partial charge is 0.395 e. The monoisotopic (exact) mass is 341 g/mol. The van der Waals surface area contributed by atoms with Crippen molar-refractivity contribution in [2.75, 3.05) is 14.1 Å². The molecular formula is C14H13F2N3O3S. The van der Waals surface area contributed by atoms with E-state index >= 15 is 0 Å². The molecule has 0 aliphatic carbocycles. The van der Waals surface area contributed by atoms with E-state index in [1.165, 1.54) is 28.4 Å². The van der Waals surface area contributed by atoms with Crippen LogP contribution in [0, 0.1) is 6.92 Å². The fourth-order valence-electron chi connectivity index (χ4n) is 1.99. The van der Waals surface area contributed by atoms with Crippen LogP contribution < -0.4 is 14.3 Å². The molecule has 1 aromatic carbocycles. The minimum atomic E-state index is -3.66. The van der Waals surface area contributed by atoms with E-state index in [0.717, 1.165) is 4.88 Å². The molecule has 23 heavy (non-hydrogen) atoms. The molecule has 0 unspecified atom stereocenters. The van der Waals surface area contributed by atoms with E-state index < -0.39 is 12.3 Å². The first-order valence-electron chi connectivity index (χ1n) is 6.60. The largest absolute Gasteiger partial charge is 0.586 e. The molecule has 0 saturated carbocycles. The van der Waals surface area contributed by atoms with Crippen molar-refractivity contribution in [3.8, 4) is 17.2 Å². The number of hydrogen-bond donors (Lipinski definition) is 0. The molecule has 9 heteroatoms. The van der Waals surface area contributed by atoms with Crippen molar-refractivity contribution in [1.82, 2.24) is 9.47 Å². The normalized spacial score (nSPS) is 15.8. The molecule has 1 aliphatic rings. The van der Waals surface area contributed by atoms with Gasteiger partial charge in [0, 0.05) is 31.2 Å². The number of urea groups is 1. The van der Waals surface area contributed by atoms with Crippen LogP contribution in [0.1, 0.15) is 4.88 Å². The van der Waals surface area contributed by atoms with Crippen LogP contribution in [-0.4, -0.2) is 35.9 Å². The highest BCUT2D eigenvalue weighted by Gasteiger charge is 2.43. The van der Waals surface area contributed by atoms with E-state index in [2.05, 4.69) is 14.5 Å². The van der Waals surface area contributed by atoms with E-state index in [9.17, 15) is 13.6 Å². The Morgan fingerprint density at radius 1 is 1.30 bits per heavy atom. The predicted molar refractivity (Wildman–Crippen MR) is 79.2 cm³/mol. The number of alkyl halides is 2. The van der Waals surface area contributed by atoms with Crippen molar-refractivity contribution >= 4 is 17.4 Å². The first-order chi connectivity index (χ1) is 10.7. The third kappa shape index (κ3) is 3.04. The van der Waals surface area contributed by atoms with Gasteiger partial charge in [0.25, 0.3) is 0 Å². The van der Waals surface area contributed by atoms with Crippen molar-refractivity contribution in [3.05, 3.63) is 34.1 Å². The van der Waals surface area contributed by atoms with Crippen LogP contribution in [0.4, 0.5) is 13.6 Å². The summed E-state index contributed by atoms with van der Waals surface area (Å²) in [5.74, 6) is -0.0945. The molecule has 122 valence electrons. The Hall–Kier alpha value is -2.42. The quantitative estimate of drug-likeness (QED) is 0.801. The number of carbonyl (C=O) groups excluding carboxylic acids is 1. The number of carbonyl (C=O) groups is 1. The molecular weight excluding hydrogens is 328 g/mol. The highest BCUT2D eigenvalue weighted by atomic mass is 32.1. The van der Waals surface area contributed by atoms with E-state index in [1.54, 1.807) is 30.9 Å². The van der Waals surface area contributed by atoms with Crippen molar-refractivity contribution in [3.63, 3.8) is 0 Å². The van der Waals surface area contributed by atoms with Crippen molar-refractivity contribution in [1.29, 1.82) is 0 Å². The number of thiazole rings is 1. The standard InChI is InChI=1S/C14H13F2N3O3S/c1-8-7-19(13(23-8)17-12(20)18(2)3)9-4-5-10-11(6-9)22-14(15,16)21-10/h4-7H,1-3H3/b17-13-. The number of aromatic nitrogens is 1. The number of fused-ring (bicyclic) bond motifs is 1. The van der Waals surface area contributed by atoms with Gasteiger partial charge in [-0.25, -0.2) is 4.79 Å². The lowest BCUT2D eigenvalue weighted by Gasteiger charge is -2.06. The Kier molecular flexibility index (Phi) is 3.59. The van der Waals surface area contributed by atoms with Gasteiger partial charge >= 0.3 is 12.3 Å². The molecule has 0 radical (unpaired) electrons. The molecule has 1 aromatic heterocycles. The van der Waals surface area contributed by atoms with Gasteiger partial charge in [0.1, 0.15) is 0 Å². The van der Waals surface area contributed by atoms with Crippen LogP contribution in [0.15, 0.2) is 29.4 Å². The average Bonchev–Trinajstić information content (AvgIpc) is 2.95. The molecule has 0 spiro atoms. The maximum absolute atomic E-state index is 13.1. The number of benzene rings is 1. The molecule has 0 saturated heterocycles. The predicted octanol–water partition coefficient (Wildman–Crippen LogP) is 2.75. The van der Waals surface area contributed by atoms with Gasteiger partial charge in [-0.3, -0.25) is 4.57 Å². The van der Waals surface area contributed by atoms with Crippen LogP contribution in [0.3, 0.4) is 0 Å². The minimum absolute atomic E-state index is 0.0332. The van der Waals surface area contributed by atoms with E-state index in [1.807, 2.05) is 6.92 Å². The van der Waals surface area contributed by atoms with E-state index in [-0.39, 0.29) is 11.5 Å². The maximum Gasteiger partial charge on any atom is 0.586 e. The Labute approximate surface area is 134 Å². The lowest BCUT2D eigenvalue weighted by molar-refractivity contribution is -0.286. The molecule has 2 amide bonds. The summed E-state index contributed by atoms with van der Waals surface area (Å²) in [5, 5.41) is 0. The Morgan fingerprint density at radius 2 is 2.00 bits per heavy atom. The molecule has 6 nitrogen and oxygen atoms in total. The second-order valence-electron chi connectivity index (χ2n) is 5.08. The zero-order valence-electron chi connectivity index (χ0n) is 12.5. The molecule has 0 fully saturated rings. The average molecular weight is 341 g/mol. The Balaban J connectivity index is 2.06. The van der Waals surface area contributed by atoms with Crippen LogP contribution in [0.25, 0.3) is 5.69 Å². The van der Waals surface area contributed by atoms with Crippen LogP contribution in [-0.2, 0) is 0 Å². The third-order valence-corrected chi connectivity index (χ3v) is 3.90. The number of nitrogens with zero attached hydrogens (tertiary/aromatic N) is 3. The molecule has 0 bridgehead atoms. The van der Waals surface area contributed by atoms with Gasteiger partial charge in [-0.2, -0.15) is 4.99 Å². The molecule has 2 heterocycles. The lowest BCUT2D eigenvalue weighted by Crippen LogP contribution is -2.26. The van der Waals surface area contributed by atoms with Gasteiger partial charge < -0.3 is 14.4 Å². The molecule has 1 aliphatic heterocycles. The van der Waals surface area contributed by atoms with Crippen molar-refractivity contribution in [2.45, 2.75) is 13.2 Å². The molecule has 0 N–H and O–H groups in total. The Morgan fingerprint density at radius 3 is 2.70 bits per heavy atom. The zero-order chi connectivity index (χ0) is 16.8. The summed E-state index contributed by atoms with van der Waals surface area (Å²) in [6.45, 7) is 1.86. The highest BCUT2D eigenvalue weighted by Crippen LogP contribution is 2.41. The second-order valence-corrected chi connectivity index (χ2v) is 6.29. The summed E-state index contributed by atoms with van der Waals surface area (Å²) in [4.78, 5) is 18.5. The van der Waals surface area contributed by atoms with Crippen LogP contribution in [0.5, 0.6) is 11.5 Å².